The number of aliphatic carboxylic acids is 1. The number of hydrogen-bond donors (Lipinski definition) is 1. The third-order valence-corrected chi connectivity index (χ3v) is 4.97. The van der Waals surface area contributed by atoms with Crippen molar-refractivity contribution in [1.82, 2.24) is 4.90 Å². The first kappa shape index (κ1) is 16.2. The van der Waals surface area contributed by atoms with E-state index in [-0.39, 0.29) is 17.7 Å². The van der Waals surface area contributed by atoms with Crippen molar-refractivity contribution in [3.05, 3.63) is 34.9 Å². The maximum atomic E-state index is 12.0. The van der Waals surface area contributed by atoms with Crippen LogP contribution in [0.2, 0.25) is 5.02 Å². The molecular weight excluding hydrogens is 310 g/mol. The topological polar surface area (TPSA) is 57.6 Å². The molecule has 2 rings (SSSR count). The van der Waals surface area contributed by atoms with Crippen molar-refractivity contribution in [3.8, 4) is 0 Å². The number of amides is 1. The van der Waals surface area contributed by atoms with Crippen LogP contribution in [0.5, 0.6) is 0 Å². The molecular formula is C15H18ClNO3S. The van der Waals surface area contributed by atoms with Crippen LogP contribution in [0.15, 0.2) is 24.3 Å². The van der Waals surface area contributed by atoms with Gasteiger partial charge in [-0.3, -0.25) is 9.59 Å². The van der Waals surface area contributed by atoms with Crippen LogP contribution in [0.3, 0.4) is 0 Å². The number of carbonyl (C=O) groups excluding carboxylic acids is 1. The second kappa shape index (κ2) is 7.18. The van der Waals surface area contributed by atoms with E-state index in [9.17, 15) is 9.59 Å². The van der Waals surface area contributed by atoms with E-state index in [2.05, 4.69) is 0 Å². The highest BCUT2D eigenvalue weighted by Gasteiger charge is 2.36. The lowest BCUT2D eigenvalue weighted by molar-refractivity contribution is -0.149. The summed E-state index contributed by atoms with van der Waals surface area (Å²) in [6, 6.07) is 7.60. The van der Waals surface area contributed by atoms with Gasteiger partial charge < -0.3 is 10.0 Å². The van der Waals surface area contributed by atoms with Gasteiger partial charge in [-0.25, -0.2) is 0 Å². The Morgan fingerprint density at radius 1 is 1.48 bits per heavy atom. The lowest BCUT2D eigenvalue weighted by Gasteiger charge is -2.41. The second-order valence-electron chi connectivity index (χ2n) is 5.31. The molecule has 0 bridgehead atoms. The Labute approximate surface area is 133 Å². The normalized spacial score (nSPS) is 16.4. The number of hydrogen-bond acceptors (Lipinski definition) is 3. The predicted octanol–water partition coefficient (Wildman–Crippen LogP) is 2.75. The summed E-state index contributed by atoms with van der Waals surface area (Å²) in [6.07, 6.45) is 0. The zero-order valence-corrected chi connectivity index (χ0v) is 13.4. The van der Waals surface area contributed by atoms with Gasteiger partial charge in [-0.2, -0.15) is 0 Å². The van der Waals surface area contributed by atoms with Crippen LogP contribution < -0.4 is 0 Å². The van der Waals surface area contributed by atoms with Crippen molar-refractivity contribution in [1.29, 1.82) is 0 Å². The van der Waals surface area contributed by atoms with E-state index in [0.717, 1.165) is 11.3 Å². The molecule has 1 aliphatic heterocycles. The van der Waals surface area contributed by atoms with E-state index in [1.807, 2.05) is 24.3 Å². The summed E-state index contributed by atoms with van der Waals surface area (Å²) in [5, 5.41) is 9.62. The molecule has 1 aromatic rings. The average molecular weight is 328 g/mol. The summed E-state index contributed by atoms with van der Waals surface area (Å²) in [4.78, 5) is 24.5. The molecule has 1 aromatic carbocycles. The predicted molar refractivity (Wildman–Crippen MR) is 84.5 cm³/mol. The summed E-state index contributed by atoms with van der Waals surface area (Å²) < 4.78 is 0. The Hall–Kier alpha value is -1.20. The number of carboxylic acid groups (broad SMARTS) is 1. The summed E-state index contributed by atoms with van der Waals surface area (Å²) in [6.45, 7) is 2.82. The number of likely N-dealkylation sites (tertiary alicyclic amines) is 1. The zero-order chi connectivity index (χ0) is 15.4. The molecule has 1 N–H and O–H groups in total. The van der Waals surface area contributed by atoms with E-state index in [1.165, 1.54) is 0 Å². The van der Waals surface area contributed by atoms with Crippen LogP contribution in [0, 0.1) is 11.8 Å². The standard InChI is InChI=1S/C15H18ClNO3S/c1-10(15(19)20)12-6-17(7-12)14(18)9-21-8-11-3-2-4-13(16)5-11/h2-5,10,12H,6-9H2,1H3,(H,19,20). The minimum atomic E-state index is -0.789. The Morgan fingerprint density at radius 3 is 2.81 bits per heavy atom. The minimum absolute atomic E-state index is 0.0795. The number of nitrogens with zero attached hydrogens (tertiary/aromatic N) is 1. The van der Waals surface area contributed by atoms with Gasteiger partial charge in [0.2, 0.25) is 5.91 Å². The molecule has 1 amide bonds. The minimum Gasteiger partial charge on any atom is -0.481 e. The number of benzene rings is 1. The fraction of sp³-hybridized carbons (Fsp3) is 0.467. The smallest absolute Gasteiger partial charge is 0.306 e. The van der Waals surface area contributed by atoms with Crippen LogP contribution in [0.1, 0.15) is 12.5 Å². The molecule has 1 atom stereocenters. The molecule has 4 nitrogen and oxygen atoms in total. The quantitative estimate of drug-likeness (QED) is 0.873. The summed E-state index contributed by atoms with van der Waals surface area (Å²) in [7, 11) is 0. The van der Waals surface area contributed by atoms with Crippen LogP contribution >= 0.6 is 23.4 Å². The van der Waals surface area contributed by atoms with Gasteiger partial charge in [-0.15, -0.1) is 11.8 Å². The monoisotopic (exact) mass is 327 g/mol. The van der Waals surface area contributed by atoms with Crippen LogP contribution in [0.4, 0.5) is 0 Å². The fourth-order valence-corrected chi connectivity index (χ4v) is 3.30. The largest absolute Gasteiger partial charge is 0.481 e. The van der Waals surface area contributed by atoms with Gasteiger partial charge in [0, 0.05) is 29.8 Å². The first-order chi connectivity index (χ1) is 9.97. The number of carboxylic acids is 1. The SMILES string of the molecule is CC(C(=O)O)C1CN(C(=O)CSCc2cccc(Cl)c2)C1. The van der Waals surface area contributed by atoms with Crippen molar-refractivity contribution in [3.63, 3.8) is 0 Å². The molecule has 0 spiro atoms. The van der Waals surface area contributed by atoms with E-state index < -0.39 is 5.97 Å². The van der Waals surface area contributed by atoms with E-state index in [0.29, 0.717) is 23.9 Å². The van der Waals surface area contributed by atoms with Crippen molar-refractivity contribution in [2.75, 3.05) is 18.8 Å². The molecule has 0 saturated carbocycles. The van der Waals surface area contributed by atoms with Gasteiger partial charge in [0.1, 0.15) is 0 Å². The molecule has 0 radical (unpaired) electrons. The van der Waals surface area contributed by atoms with Crippen molar-refractivity contribution in [2.45, 2.75) is 12.7 Å². The fourth-order valence-electron chi connectivity index (χ4n) is 2.21. The van der Waals surface area contributed by atoms with E-state index >= 15 is 0 Å². The summed E-state index contributed by atoms with van der Waals surface area (Å²) in [5.41, 5.74) is 1.10. The summed E-state index contributed by atoms with van der Waals surface area (Å²) in [5.74, 6) is 0.159. The number of thioether (sulfide) groups is 1. The molecule has 1 fully saturated rings. The lowest BCUT2D eigenvalue weighted by Crippen LogP contribution is -2.54. The highest BCUT2D eigenvalue weighted by molar-refractivity contribution is 7.99. The molecule has 0 aromatic heterocycles. The van der Waals surface area contributed by atoms with Gasteiger partial charge in [-0.05, 0) is 17.7 Å². The highest BCUT2D eigenvalue weighted by Crippen LogP contribution is 2.25. The van der Waals surface area contributed by atoms with Crippen molar-refractivity contribution in [2.24, 2.45) is 11.8 Å². The molecule has 1 saturated heterocycles. The van der Waals surface area contributed by atoms with E-state index in [1.54, 1.807) is 23.6 Å². The average Bonchev–Trinajstić information content (AvgIpc) is 2.36. The molecule has 1 heterocycles. The van der Waals surface area contributed by atoms with Gasteiger partial charge >= 0.3 is 5.97 Å². The van der Waals surface area contributed by atoms with Crippen LogP contribution in [0.25, 0.3) is 0 Å². The molecule has 1 unspecified atom stereocenters. The van der Waals surface area contributed by atoms with Crippen molar-refractivity contribution < 1.29 is 14.7 Å². The van der Waals surface area contributed by atoms with Crippen molar-refractivity contribution >= 4 is 35.2 Å². The lowest BCUT2D eigenvalue weighted by atomic mass is 9.87. The Kier molecular flexibility index (Phi) is 5.53. The molecule has 1 aliphatic rings. The molecule has 6 heteroatoms. The third-order valence-electron chi connectivity index (χ3n) is 3.74. The maximum absolute atomic E-state index is 12.0. The summed E-state index contributed by atoms with van der Waals surface area (Å²) >= 11 is 7.46. The molecule has 0 aliphatic carbocycles. The van der Waals surface area contributed by atoms with Gasteiger partial charge in [0.15, 0.2) is 0 Å². The third kappa shape index (κ3) is 4.38. The van der Waals surface area contributed by atoms with Gasteiger partial charge in [0.25, 0.3) is 0 Å². The number of halogens is 1. The van der Waals surface area contributed by atoms with Crippen LogP contribution in [-0.2, 0) is 15.3 Å². The number of carbonyl (C=O) groups is 2. The van der Waals surface area contributed by atoms with Gasteiger partial charge in [0.05, 0.1) is 11.7 Å². The first-order valence-corrected chi connectivity index (χ1v) is 8.33. The Bertz CT molecular complexity index is 531. The first-order valence-electron chi connectivity index (χ1n) is 6.80. The van der Waals surface area contributed by atoms with Crippen LogP contribution in [-0.4, -0.2) is 40.7 Å². The molecule has 114 valence electrons. The zero-order valence-electron chi connectivity index (χ0n) is 11.8. The Balaban J connectivity index is 1.69. The number of rotatable bonds is 6. The Morgan fingerprint density at radius 2 is 2.19 bits per heavy atom. The maximum Gasteiger partial charge on any atom is 0.306 e. The van der Waals surface area contributed by atoms with Gasteiger partial charge in [-0.1, -0.05) is 30.7 Å². The van der Waals surface area contributed by atoms with E-state index in [4.69, 9.17) is 16.7 Å². The molecule has 21 heavy (non-hydrogen) atoms. The second-order valence-corrected chi connectivity index (χ2v) is 6.73. The highest BCUT2D eigenvalue weighted by atomic mass is 35.5.